The van der Waals surface area contributed by atoms with Crippen LogP contribution in [0.2, 0.25) is 5.02 Å². The first-order valence-corrected chi connectivity index (χ1v) is 7.27. The van der Waals surface area contributed by atoms with E-state index in [1.54, 1.807) is 4.68 Å². The molecule has 0 aliphatic rings. The van der Waals surface area contributed by atoms with Crippen molar-refractivity contribution in [3.05, 3.63) is 47.0 Å². The molecule has 0 saturated heterocycles. The average Bonchev–Trinajstić information content (AvgIpc) is 2.99. The lowest BCUT2D eigenvalue weighted by molar-refractivity contribution is 0.687. The molecule has 20 heavy (non-hydrogen) atoms. The minimum atomic E-state index is 0.388. The Morgan fingerprint density at radius 1 is 1.30 bits per heavy atom. The molecule has 6 heteroatoms. The monoisotopic (exact) mass is 308 g/mol. The van der Waals surface area contributed by atoms with Crippen molar-refractivity contribution in [3.63, 3.8) is 0 Å². The van der Waals surface area contributed by atoms with E-state index in [0.29, 0.717) is 10.9 Å². The molecule has 0 aliphatic carbocycles. The van der Waals surface area contributed by atoms with Crippen LogP contribution in [0.25, 0.3) is 11.0 Å². The number of alkyl halides is 1. The van der Waals surface area contributed by atoms with Gasteiger partial charge >= 0.3 is 0 Å². The summed E-state index contributed by atoms with van der Waals surface area (Å²) in [5.74, 6) is 1.26. The third kappa shape index (κ3) is 2.53. The van der Waals surface area contributed by atoms with E-state index in [1.165, 1.54) is 5.56 Å². The standard InChI is InChI=1S/C14H14Cl2N4/c1-19-9-10(8-17-19)4-5-20-13-6-11(16)2-3-12(13)18-14(20)7-15/h2-3,6,8-9H,4-5,7H2,1H3. The average molecular weight is 309 g/mol. The van der Waals surface area contributed by atoms with Crippen molar-refractivity contribution in [1.82, 2.24) is 19.3 Å². The molecular formula is C14H14Cl2N4. The molecular weight excluding hydrogens is 295 g/mol. The molecule has 0 aliphatic heterocycles. The predicted octanol–water partition coefficient (Wildman–Crippen LogP) is 3.40. The fourth-order valence-electron chi connectivity index (χ4n) is 2.34. The molecule has 2 aromatic heterocycles. The van der Waals surface area contributed by atoms with Gasteiger partial charge in [0.25, 0.3) is 0 Å². The molecule has 3 aromatic rings. The molecule has 2 heterocycles. The smallest absolute Gasteiger partial charge is 0.124 e. The second-order valence-electron chi connectivity index (χ2n) is 4.72. The van der Waals surface area contributed by atoms with Crippen molar-refractivity contribution in [2.75, 3.05) is 0 Å². The molecule has 0 amide bonds. The lowest BCUT2D eigenvalue weighted by Gasteiger charge is -2.06. The summed E-state index contributed by atoms with van der Waals surface area (Å²) in [6.45, 7) is 0.810. The topological polar surface area (TPSA) is 35.6 Å². The molecule has 0 atom stereocenters. The number of aromatic nitrogens is 4. The molecule has 0 saturated carbocycles. The van der Waals surface area contributed by atoms with Crippen LogP contribution in [-0.4, -0.2) is 19.3 Å². The molecule has 0 spiro atoms. The number of rotatable bonds is 4. The summed E-state index contributed by atoms with van der Waals surface area (Å²) in [6.07, 6.45) is 4.79. The summed E-state index contributed by atoms with van der Waals surface area (Å²) in [5, 5.41) is 4.89. The quantitative estimate of drug-likeness (QED) is 0.692. The minimum Gasteiger partial charge on any atom is -0.327 e. The van der Waals surface area contributed by atoms with Gasteiger partial charge in [-0.25, -0.2) is 4.98 Å². The van der Waals surface area contributed by atoms with Crippen LogP contribution >= 0.6 is 23.2 Å². The first-order valence-electron chi connectivity index (χ1n) is 6.35. The van der Waals surface area contributed by atoms with Crippen LogP contribution < -0.4 is 0 Å². The van der Waals surface area contributed by atoms with E-state index in [4.69, 9.17) is 23.2 Å². The lowest BCUT2D eigenvalue weighted by atomic mass is 10.2. The van der Waals surface area contributed by atoms with Crippen molar-refractivity contribution >= 4 is 34.2 Å². The summed E-state index contributed by atoms with van der Waals surface area (Å²) >= 11 is 12.1. The highest BCUT2D eigenvalue weighted by atomic mass is 35.5. The molecule has 0 unspecified atom stereocenters. The number of nitrogens with zero attached hydrogens (tertiary/aromatic N) is 4. The Morgan fingerprint density at radius 3 is 2.85 bits per heavy atom. The highest BCUT2D eigenvalue weighted by Crippen LogP contribution is 2.22. The fourth-order valence-corrected chi connectivity index (χ4v) is 2.71. The van der Waals surface area contributed by atoms with Crippen molar-refractivity contribution in [3.8, 4) is 0 Å². The Balaban J connectivity index is 1.94. The summed E-state index contributed by atoms with van der Waals surface area (Å²) in [6, 6.07) is 5.71. The molecule has 4 nitrogen and oxygen atoms in total. The second kappa shape index (κ2) is 5.46. The van der Waals surface area contributed by atoms with Crippen molar-refractivity contribution in [1.29, 1.82) is 0 Å². The van der Waals surface area contributed by atoms with Crippen LogP contribution in [0.3, 0.4) is 0 Å². The Kier molecular flexibility index (Phi) is 3.68. The first kappa shape index (κ1) is 13.5. The van der Waals surface area contributed by atoms with Gasteiger partial charge in [0.2, 0.25) is 0 Å². The maximum Gasteiger partial charge on any atom is 0.124 e. The van der Waals surface area contributed by atoms with E-state index < -0.39 is 0 Å². The zero-order valence-electron chi connectivity index (χ0n) is 11.1. The van der Waals surface area contributed by atoms with Crippen molar-refractivity contribution < 1.29 is 0 Å². The number of imidazole rings is 1. The molecule has 0 fully saturated rings. The van der Waals surface area contributed by atoms with Gasteiger partial charge in [0, 0.05) is 24.8 Å². The summed E-state index contributed by atoms with van der Waals surface area (Å²) in [7, 11) is 1.92. The summed E-state index contributed by atoms with van der Waals surface area (Å²) in [5.41, 5.74) is 3.14. The van der Waals surface area contributed by atoms with E-state index in [1.807, 2.05) is 37.6 Å². The Morgan fingerprint density at radius 2 is 2.15 bits per heavy atom. The maximum absolute atomic E-state index is 6.08. The minimum absolute atomic E-state index is 0.388. The van der Waals surface area contributed by atoms with Crippen molar-refractivity contribution in [2.45, 2.75) is 18.8 Å². The molecule has 104 valence electrons. The number of hydrogen-bond donors (Lipinski definition) is 0. The van der Waals surface area contributed by atoms with Gasteiger partial charge in [-0.15, -0.1) is 11.6 Å². The normalized spacial score (nSPS) is 11.3. The van der Waals surface area contributed by atoms with Gasteiger partial charge in [0.15, 0.2) is 0 Å². The number of aryl methyl sites for hydroxylation is 3. The highest BCUT2D eigenvalue weighted by Gasteiger charge is 2.10. The Hall–Kier alpha value is -1.52. The summed E-state index contributed by atoms with van der Waals surface area (Å²) < 4.78 is 3.93. The van der Waals surface area contributed by atoms with E-state index in [-0.39, 0.29) is 0 Å². The number of fused-ring (bicyclic) bond motifs is 1. The van der Waals surface area contributed by atoms with Gasteiger partial charge in [-0.05, 0) is 30.2 Å². The SMILES string of the molecule is Cn1cc(CCn2c(CCl)nc3ccc(Cl)cc32)cn1. The van der Waals surface area contributed by atoms with E-state index >= 15 is 0 Å². The fraction of sp³-hybridized carbons (Fsp3) is 0.286. The molecule has 0 bridgehead atoms. The molecule has 0 radical (unpaired) electrons. The first-order chi connectivity index (χ1) is 9.67. The van der Waals surface area contributed by atoms with E-state index in [2.05, 4.69) is 14.6 Å². The van der Waals surface area contributed by atoms with Gasteiger partial charge in [0.05, 0.1) is 23.1 Å². The van der Waals surface area contributed by atoms with Gasteiger partial charge in [0.1, 0.15) is 5.82 Å². The third-order valence-electron chi connectivity index (χ3n) is 3.29. The Labute approximate surface area is 126 Å². The zero-order valence-corrected chi connectivity index (χ0v) is 12.6. The molecule has 3 rings (SSSR count). The van der Waals surface area contributed by atoms with Crippen molar-refractivity contribution in [2.24, 2.45) is 7.05 Å². The van der Waals surface area contributed by atoms with E-state index in [9.17, 15) is 0 Å². The van der Waals surface area contributed by atoms with Crippen LogP contribution in [0.4, 0.5) is 0 Å². The summed E-state index contributed by atoms with van der Waals surface area (Å²) in [4.78, 5) is 4.54. The second-order valence-corrected chi connectivity index (χ2v) is 5.42. The van der Waals surface area contributed by atoms with Crippen LogP contribution in [0.5, 0.6) is 0 Å². The van der Waals surface area contributed by atoms with Crippen LogP contribution in [-0.2, 0) is 25.9 Å². The van der Waals surface area contributed by atoms with Gasteiger partial charge in [-0.1, -0.05) is 11.6 Å². The number of halogens is 2. The maximum atomic E-state index is 6.08. The lowest BCUT2D eigenvalue weighted by Crippen LogP contribution is -2.04. The van der Waals surface area contributed by atoms with Gasteiger partial charge in [-0.2, -0.15) is 5.10 Å². The number of hydrogen-bond acceptors (Lipinski definition) is 2. The van der Waals surface area contributed by atoms with Crippen LogP contribution in [0.15, 0.2) is 30.6 Å². The molecule has 1 aromatic carbocycles. The van der Waals surface area contributed by atoms with E-state index in [0.717, 1.165) is 29.8 Å². The number of benzene rings is 1. The third-order valence-corrected chi connectivity index (χ3v) is 3.77. The van der Waals surface area contributed by atoms with Gasteiger partial charge < -0.3 is 4.57 Å². The largest absolute Gasteiger partial charge is 0.327 e. The van der Waals surface area contributed by atoms with Crippen LogP contribution in [0.1, 0.15) is 11.4 Å². The Bertz CT molecular complexity index is 745. The zero-order chi connectivity index (χ0) is 14.1. The van der Waals surface area contributed by atoms with Crippen LogP contribution in [0, 0.1) is 0 Å². The predicted molar refractivity (Wildman–Crippen MR) is 81.2 cm³/mol. The van der Waals surface area contributed by atoms with Gasteiger partial charge in [-0.3, -0.25) is 4.68 Å². The molecule has 0 N–H and O–H groups in total. The highest BCUT2D eigenvalue weighted by molar-refractivity contribution is 6.31.